The van der Waals surface area contributed by atoms with Crippen molar-refractivity contribution in [2.45, 2.75) is 44.9 Å². The van der Waals surface area contributed by atoms with Crippen molar-refractivity contribution >= 4 is 6.09 Å². The molecule has 2 N–H and O–H groups in total. The number of rotatable bonds is 2. The Hall–Kier alpha value is -0.810. The highest BCUT2D eigenvalue weighted by molar-refractivity contribution is 5.66. The number of piperidine rings is 1. The number of nitrogens with one attached hydrogen (secondary N) is 1. The van der Waals surface area contributed by atoms with Gasteiger partial charge in [0.25, 0.3) is 0 Å². The summed E-state index contributed by atoms with van der Waals surface area (Å²) < 4.78 is 5.36. The molecule has 0 aromatic carbocycles. The van der Waals surface area contributed by atoms with Crippen molar-refractivity contribution in [3.05, 3.63) is 0 Å². The Morgan fingerprint density at radius 1 is 1.50 bits per heavy atom. The molecule has 5 heteroatoms. The minimum Gasteiger partial charge on any atom is -0.465 e. The summed E-state index contributed by atoms with van der Waals surface area (Å²) in [7, 11) is 1.63. The number of methoxy groups -OCH3 is 1. The highest BCUT2D eigenvalue weighted by Gasteiger charge is 2.38. The molecule has 1 heterocycles. The maximum Gasteiger partial charge on any atom is 0.408 e. The molecule has 0 aromatic rings. The molecule has 2 atom stereocenters. The van der Waals surface area contributed by atoms with Crippen molar-refractivity contribution in [1.29, 1.82) is 0 Å². The summed E-state index contributed by atoms with van der Waals surface area (Å²) in [6.07, 6.45) is -0.146. The molecule has 1 aliphatic rings. The summed E-state index contributed by atoms with van der Waals surface area (Å²) in [5.41, 5.74) is -0.398. The molecule has 1 aliphatic heterocycles. The topological polar surface area (TPSA) is 61.8 Å². The lowest BCUT2D eigenvalue weighted by Gasteiger charge is -2.44. The van der Waals surface area contributed by atoms with E-state index in [9.17, 15) is 9.90 Å². The largest absolute Gasteiger partial charge is 0.465 e. The van der Waals surface area contributed by atoms with Gasteiger partial charge in [-0.05, 0) is 33.7 Å². The molecule has 1 fully saturated rings. The van der Waals surface area contributed by atoms with Crippen LogP contribution in [0.3, 0.4) is 0 Å². The van der Waals surface area contributed by atoms with E-state index in [0.29, 0.717) is 6.54 Å². The van der Waals surface area contributed by atoms with E-state index in [1.54, 1.807) is 7.11 Å². The number of carboxylic acid groups (broad SMARTS) is 1. The predicted octanol–water partition coefficient (Wildman–Crippen LogP) is 1.14. The van der Waals surface area contributed by atoms with Crippen LogP contribution in [-0.2, 0) is 4.74 Å². The molecule has 1 amide bonds. The Labute approximate surface area is 96.8 Å². The Bertz CT molecular complexity index is 250. The molecular weight excluding hydrogens is 208 g/mol. The number of carbonyl (C=O) groups is 1. The van der Waals surface area contributed by atoms with Crippen LogP contribution in [0.1, 0.15) is 27.2 Å². The molecule has 5 nitrogen and oxygen atoms in total. The summed E-state index contributed by atoms with van der Waals surface area (Å²) in [6.45, 7) is 7.28. The SMILES string of the molecule is CO[C@H]1CNCC[C@@H]1N(C(=O)O)C(C)(C)C. The van der Waals surface area contributed by atoms with Crippen LogP contribution in [0.2, 0.25) is 0 Å². The van der Waals surface area contributed by atoms with Gasteiger partial charge in [0.1, 0.15) is 0 Å². The maximum atomic E-state index is 11.4. The molecule has 94 valence electrons. The van der Waals surface area contributed by atoms with Gasteiger partial charge in [-0.2, -0.15) is 0 Å². The maximum absolute atomic E-state index is 11.4. The van der Waals surface area contributed by atoms with Gasteiger partial charge in [-0.1, -0.05) is 0 Å². The highest BCUT2D eigenvalue weighted by Crippen LogP contribution is 2.24. The van der Waals surface area contributed by atoms with Gasteiger partial charge >= 0.3 is 6.09 Å². The highest BCUT2D eigenvalue weighted by atomic mass is 16.5. The Morgan fingerprint density at radius 2 is 2.12 bits per heavy atom. The van der Waals surface area contributed by atoms with Gasteiger partial charge in [0.2, 0.25) is 0 Å². The first kappa shape index (κ1) is 13.3. The van der Waals surface area contributed by atoms with Crippen molar-refractivity contribution in [3.63, 3.8) is 0 Å². The van der Waals surface area contributed by atoms with Gasteiger partial charge in [0, 0.05) is 19.2 Å². The number of hydrogen-bond acceptors (Lipinski definition) is 3. The summed E-state index contributed by atoms with van der Waals surface area (Å²) >= 11 is 0. The minimum absolute atomic E-state index is 0.0657. The lowest BCUT2D eigenvalue weighted by Crippen LogP contribution is -2.60. The molecule has 0 unspecified atom stereocenters. The molecule has 1 saturated heterocycles. The van der Waals surface area contributed by atoms with Crippen LogP contribution >= 0.6 is 0 Å². The standard InChI is InChI=1S/C11H22N2O3/c1-11(2,3)13(10(14)15)8-5-6-12-7-9(8)16-4/h8-9,12H,5-7H2,1-4H3,(H,14,15)/t8-,9-/m0/s1. The van der Waals surface area contributed by atoms with Crippen LogP contribution in [0, 0.1) is 0 Å². The van der Waals surface area contributed by atoms with Crippen LogP contribution in [0.15, 0.2) is 0 Å². The van der Waals surface area contributed by atoms with Crippen molar-refractivity contribution in [3.8, 4) is 0 Å². The molecule has 0 saturated carbocycles. The molecule has 0 aliphatic carbocycles. The molecular formula is C11H22N2O3. The third kappa shape index (κ3) is 2.86. The van der Waals surface area contributed by atoms with Crippen LogP contribution in [0.5, 0.6) is 0 Å². The zero-order valence-electron chi connectivity index (χ0n) is 10.5. The molecule has 0 spiro atoms. The quantitative estimate of drug-likeness (QED) is 0.747. The van der Waals surface area contributed by atoms with Crippen LogP contribution in [-0.4, -0.2) is 54.0 Å². The summed E-state index contributed by atoms with van der Waals surface area (Å²) in [5, 5.41) is 12.5. The van der Waals surface area contributed by atoms with Gasteiger partial charge < -0.3 is 15.2 Å². The number of ether oxygens (including phenoxy) is 1. The predicted molar refractivity (Wildman–Crippen MR) is 61.7 cm³/mol. The second-order valence-corrected chi connectivity index (χ2v) is 5.16. The monoisotopic (exact) mass is 230 g/mol. The Morgan fingerprint density at radius 3 is 2.56 bits per heavy atom. The molecule has 16 heavy (non-hydrogen) atoms. The fraction of sp³-hybridized carbons (Fsp3) is 0.909. The average molecular weight is 230 g/mol. The first-order valence-corrected chi connectivity index (χ1v) is 5.63. The van der Waals surface area contributed by atoms with E-state index in [-0.39, 0.29) is 12.1 Å². The number of hydrogen-bond donors (Lipinski definition) is 2. The van der Waals surface area contributed by atoms with Crippen molar-refractivity contribution in [1.82, 2.24) is 10.2 Å². The smallest absolute Gasteiger partial charge is 0.408 e. The lowest BCUT2D eigenvalue weighted by atomic mass is 9.95. The molecule has 0 bridgehead atoms. The normalized spacial score (nSPS) is 26.5. The summed E-state index contributed by atoms with van der Waals surface area (Å²) in [5.74, 6) is 0. The van der Waals surface area contributed by atoms with Gasteiger partial charge in [-0.3, -0.25) is 4.90 Å². The second kappa shape index (κ2) is 5.01. The first-order valence-electron chi connectivity index (χ1n) is 5.63. The van der Waals surface area contributed by atoms with E-state index < -0.39 is 11.6 Å². The van der Waals surface area contributed by atoms with Crippen LogP contribution in [0.25, 0.3) is 0 Å². The van der Waals surface area contributed by atoms with E-state index in [2.05, 4.69) is 5.32 Å². The van der Waals surface area contributed by atoms with E-state index in [4.69, 9.17) is 4.74 Å². The van der Waals surface area contributed by atoms with Gasteiger partial charge in [0.05, 0.1) is 12.1 Å². The van der Waals surface area contributed by atoms with E-state index >= 15 is 0 Å². The Balaban J connectivity index is 2.87. The summed E-state index contributed by atoms with van der Waals surface area (Å²) in [4.78, 5) is 12.9. The summed E-state index contributed by atoms with van der Waals surface area (Å²) in [6, 6.07) is -0.0660. The van der Waals surface area contributed by atoms with Crippen molar-refractivity contribution in [2.75, 3.05) is 20.2 Å². The molecule has 0 aromatic heterocycles. The van der Waals surface area contributed by atoms with E-state index in [1.165, 1.54) is 4.90 Å². The molecule has 1 rings (SSSR count). The average Bonchev–Trinajstić information content (AvgIpc) is 2.15. The third-order valence-electron chi connectivity index (χ3n) is 2.95. The van der Waals surface area contributed by atoms with E-state index in [0.717, 1.165) is 13.0 Å². The molecule has 0 radical (unpaired) electrons. The fourth-order valence-corrected chi connectivity index (χ4v) is 2.28. The zero-order chi connectivity index (χ0) is 12.3. The lowest BCUT2D eigenvalue weighted by molar-refractivity contribution is -0.0262. The van der Waals surface area contributed by atoms with Crippen LogP contribution < -0.4 is 5.32 Å². The number of nitrogens with zero attached hydrogens (tertiary/aromatic N) is 1. The second-order valence-electron chi connectivity index (χ2n) is 5.16. The zero-order valence-corrected chi connectivity index (χ0v) is 10.5. The van der Waals surface area contributed by atoms with E-state index in [1.807, 2.05) is 20.8 Å². The number of amides is 1. The van der Waals surface area contributed by atoms with Crippen LogP contribution in [0.4, 0.5) is 4.79 Å². The van der Waals surface area contributed by atoms with Gasteiger partial charge in [-0.15, -0.1) is 0 Å². The fourth-order valence-electron chi connectivity index (χ4n) is 2.28. The first-order chi connectivity index (χ1) is 7.38. The van der Waals surface area contributed by atoms with Gasteiger partial charge in [-0.25, -0.2) is 4.79 Å². The van der Waals surface area contributed by atoms with Gasteiger partial charge in [0.15, 0.2) is 0 Å². The minimum atomic E-state index is -0.874. The van der Waals surface area contributed by atoms with Crippen molar-refractivity contribution < 1.29 is 14.6 Å². The Kier molecular flexibility index (Phi) is 4.15. The third-order valence-corrected chi connectivity index (χ3v) is 2.95. The van der Waals surface area contributed by atoms with Crippen molar-refractivity contribution in [2.24, 2.45) is 0 Å².